The minimum atomic E-state index is -4.35. The van der Waals surface area contributed by atoms with Gasteiger partial charge in [-0.05, 0) is 42.3 Å². The lowest BCUT2D eigenvalue weighted by molar-refractivity contribution is -0.137. The van der Waals surface area contributed by atoms with Crippen LogP contribution >= 0.6 is 0 Å². The summed E-state index contributed by atoms with van der Waals surface area (Å²) < 4.78 is 40.0. The number of amides is 1. The second-order valence-electron chi connectivity index (χ2n) is 7.15. The molecule has 0 saturated heterocycles. The number of hydrogen-bond acceptors (Lipinski definition) is 2. The molecule has 154 valence electrons. The summed E-state index contributed by atoms with van der Waals surface area (Å²) in [7, 11) is 0. The molecule has 4 aromatic rings. The number of fused-ring (bicyclic) bond motifs is 1. The highest BCUT2D eigenvalue weighted by molar-refractivity contribution is 6.02. The molecule has 0 aliphatic heterocycles. The van der Waals surface area contributed by atoms with Crippen LogP contribution in [0.5, 0.6) is 0 Å². The Morgan fingerprint density at radius 3 is 2.53 bits per heavy atom. The van der Waals surface area contributed by atoms with Crippen LogP contribution in [0, 0.1) is 0 Å². The third-order valence-corrected chi connectivity index (χ3v) is 5.04. The normalized spacial score (nSPS) is 12.8. The fourth-order valence-electron chi connectivity index (χ4n) is 3.40. The molecule has 1 atom stereocenters. The third-order valence-electron chi connectivity index (χ3n) is 5.04. The maximum absolute atomic E-state index is 12.8. The summed E-state index contributed by atoms with van der Waals surface area (Å²) in [6.45, 7) is 3.33. The minimum absolute atomic E-state index is 0.153. The lowest BCUT2D eigenvalue weighted by Crippen LogP contribution is -2.09. The van der Waals surface area contributed by atoms with Crippen LogP contribution in [0.15, 0.2) is 61.1 Å². The van der Waals surface area contributed by atoms with Gasteiger partial charge in [0.2, 0.25) is 5.91 Å². The molecule has 8 heteroatoms. The van der Waals surface area contributed by atoms with Crippen molar-refractivity contribution in [1.29, 1.82) is 0 Å². The first-order valence-electron chi connectivity index (χ1n) is 9.33. The summed E-state index contributed by atoms with van der Waals surface area (Å²) in [5.41, 5.74) is 3.43. The zero-order chi connectivity index (χ0) is 21.5. The molecule has 0 aliphatic carbocycles. The highest BCUT2D eigenvalue weighted by Crippen LogP contribution is 2.32. The molecule has 2 aromatic carbocycles. The van der Waals surface area contributed by atoms with E-state index in [1.807, 2.05) is 31.3 Å². The zero-order valence-electron chi connectivity index (χ0n) is 16.3. The standard InChI is InChI=1S/C22H19F3N4O/c1-13(15-3-6-18(7-4-15)22(23,24)25)29-12-17(10-27-29)16-5-8-20-19(9-16)21(11-26-20)28-14(2)30/h3-13,26H,1-2H3,(H,28,30). The third kappa shape index (κ3) is 3.80. The fourth-order valence-corrected chi connectivity index (χ4v) is 3.40. The number of nitrogens with zero attached hydrogens (tertiary/aromatic N) is 2. The molecule has 2 heterocycles. The second-order valence-corrected chi connectivity index (χ2v) is 7.15. The lowest BCUT2D eigenvalue weighted by Gasteiger charge is -2.14. The summed E-state index contributed by atoms with van der Waals surface area (Å²) in [5.74, 6) is -0.153. The molecule has 0 fully saturated rings. The van der Waals surface area contributed by atoms with E-state index in [2.05, 4.69) is 15.4 Å². The van der Waals surface area contributed by atoms with Gasteiger partial charge in [-0.1, -0.05) is 18.2 Å². The number of carbonyl (C=O) groups is 1. The van der Waals surface area contributed by atoms with Crippen molar-refractivity contribution in [2.45, 2.75) is 26.1 Å². The van der Waals surface area contributed by atoms with Crippen LogP contribution in [-0.4, -0.2) is 20.7 Å². The number of nitrogens with one attached hydrogen (secondary N) is 2. The van der Waals surface area contributed by atoms with Gasteiger partial charge >= 0.3 is 6.18 Å². The van der Waals surface area contributed by atoms with E-state index in [-0.39, 0.29) is 11.9 Å². The summed E-state index contributed by atoms with van der Waals surface area (Å²) in [6.07, 6.45) is 0.959. The van der Waals surface area contributed by atoms with E-state index in [1.54, 1.807) is 17.1 Å². The van der Waals surface area contributed by atoms with Crippen molar-refractivity contribution in [2.24, 2.45) is 0 Å². The molecule has 30 heavy (non-hydrogen) atoms. The maximum Gasteiger partial charge on any atom is 0.416 e. The predicted octanol–water partition coefficient (Wildman–Crippen LogP) is 5.62. The molecule has 0 bridgehead atoms. The number of carbonyl (C=O) groups excluding carboxylic acids is 1. The van der Waals surface area contributed by atoms with Crippen LogP contribution in [0.25, 0.3) is 22.0 Å². The van der Waals surface area contributed by atoms with Gasteiger partial charge in [-0.25, -0.2) is 0 Å². The van der Waals surface area contributed by atoms with Gasteiger partial charge in [-0.15, -0.1) is 0 Å². The largest absolute Gasteiger partial charge is 0.416 e. The van der Waals surface area contributed by atoms with Crippen LogP contribution < -0.4 is 5.32 Å². The van der Waals surface area contributed by atoms with E-state index in [1.165, 1.54) is 19.1 Å². The first-order valence-corrected chi connectivity index (χ1v) is 9.33. The van der Waals surface area contributed by atoms with Crippen molar-refractivity contribution < 1.29 is 18.0 Å². The molecular formula is C22H19F3N4O. The summed E-state index contributed by atoms with van der Waals surface area (Å²) in [6, 6.07) is 10.7. The monoisotopic (exact) mass is 412 g/mol. The summed E-state index contributed by atoms with van der Waals surface area (Å²) in [4.78, 5) is 14.5. The Balaban J connectivity index is 1.61. The second kappa shape index (κ2) is 7.37. The summed E-state index contributed by atoms with van der Waals surface area (Å²) >= 11 is 0. The fraction of sp³-hybridized carbons (Fsp3) is 0.182. The van der Waals surface area contributed by atoms with E-state index in [0.717, 1.165) is 39.7 Å². The Hall–Kier alpha value is -3.55. The molecule has 2 aromatic heterocycles. The van der Waals surface area contributed by atoms with Gasteiger partial charge in [-0.2, -0.15) is 18.3 Å². The smallest absolute Gasteiger partial charge is 0.359 e. The van der Waals surface area contributed by atoms with Crippen LogP contribution in [0.3, 0.4) is 0 Å². The van der Waals surface area contributed by atoms with Crippen LogP contribution in [0.1, 0.15) is 31.0 Å². The molecule has 1 amide bonds. The van der Waals surface area contributed by atoms with Gasteiger partial charge in [-0.3, -0.25) is 9.48 Å². The van der Waals surface area contributed by atoms with Crippen LogP contribution in [-0.2, 0) is 11.0 Å². The Morgan fingerprint density at radius 2 is 1.87 bits per heavy atom. The number of aromatic nitrogens is 3. The average molecular weight is 412 g/mol. The van der Waals surface area contributed by atoms with Gasteiger partial charge in [0.05, 0.1) is 23.5 Å². The quantitative estimate of drug-likeness (QED) is 0.457. The topological polar surface area (TPSA) is 62.7 Å². The summed E-state index contributed by atoms with van der Waals surface area (Å²) in [5, 5.41) is 8.07. The Labute approximate surface area is 170 Å². The van der Waals surface area contributed by atoms with Gasteiger partial charge in [0, 0.05) is 35.8 Å². The molecule has 0 radical (unpaired) electrons. The van der Waals surface area contributed by atoms with Crippen LogP contribution in [0.2, 0.25) is 0 Å². The van der Waals surface area contributed by atoms with Crippen molar-refractivity contribution in [3.63, 3.8) is 0 Å². The molecule has 1 unspecified atom stereocenters. The number of hydrogen-bond donors (Lipinski definition) is 2. The molecule has 2 N–H and O–H groups in total. The van der Waals surface area contributed by atoms with E-state index in [9.17, 15) is 18.0 Å². The molecular weight excluding hydrogens is 393 g/mol. The lowest BCUT2D eigenvalue weighted by atomic mass is 10.1. The number of alkyl halides is 3. The van der Waals surface area contributed by atoms with Crippen molar-refractivity contribution in [3.8, 4) is 11.1 Å². The van der Waals surface area contributed by atoms with Crippen molar-refractivity contribution in [1.82, 2.24) is 14.8 Å². The van der Waals surface area contributed by atoms with E-state index in [4.69, 9.17) is 0 Å². The number of anilines is 1. The van der Waals surface area contributed by atoms with Gasteiger partial charge in [0.25, 0.3) is 0 Å². The van der Waals surface area contributed by atoms with Gasteiger partial charge in [0.1, 0.15) is 0 Å². The maximum atomic E-state index is 12.8. The number of halogens is 3. The Bertz CT molecular complexity index is 1210. The SMILES string of the molecule is CC(=O)Nc1c[nH]c2ccc(-c3cnn(C(C)c4ccc(C(F)(F)F)cc4)c3)cc12. The molecule has 0 saturated carbocycles. The Kier molecular flexibility index (Phi) is 4.85. The molecule has 0 spiro atoms. The van der Waals surface area contributed by atoms with E-state index in [0.29, 0.717) is 5.69 Å². The number of rotatable bonds is 4. The molecule has 4 rings (SSSR count). The first kappa shape index (κ1) is 19.8. The minimum Gasteiger partial charge on any atom is -0.359 e. The van der Waals surface area contributed by atoms with Gasteiger partial charge < -0.3 is 10.3 Å². The van der Waals surface area contributed by atoms with Crippen LogP contribution in [0.4, 0.5) is 18.9 Å². The number of aromatic amines is 1. The molecule has 0 aliphatic rings. The van der Waals surface area contributed by atoms with E-state index >= 15 is 0 Å². The molecule has 5 nitrogen and oxygen atoms in total. The predicted molar refractivity (Wildman–Crippen MR) is 109 cm³/mol. The average Bonchev–Trinajstić information content (AvgIpc) is 3.34. The van der Waals surface area contributed by atoms with Gasteiger partial charge in [0.15, 0.2) is 0 Å². The first-order chi connectivity index (χ1) is 14.2. The van der Waals surface area contributed by atoms with Crippen molar-refractivity contribution in [2.75, 3.05) is 5.32 Å². The number of benzene rings is 2. The highest BCUT2D eigenvalue weighted by Gasteiger charge is 2.30. The highest BCUT2D eigenvalue weighted by atomic mass is 19.4. The van der Waals surface area contributed by atoms with Crippen molar-refractivity contribution in [3.05, 3.63) is 72.2 Å². The van der Waals surface area contributed by atoms with Crippen molar-refractivity contribution >= 4 is 22.5 Å². The Morgan fingerprint density at radius 1 is 1.13 bits per heavy atom. The van der Waals surface area contributed by atoms with E-state index < -0.39 is 11.7 Å². The zero-order valence-corrected chi connectivity index (χ0v) is 16.3. The number of H-pyrrole nitrogens is 1.